The molecule has 2 aliphatic heterocycles. The Morgan fingerprint density at radius 1 is 1.00 bits per heavy atom. The third-order valence-electron chi connectivity index (χ3n) is 6.30. The van der Waals surface area contributed by atoms with Gasteiger partial charge in [0.1, 0.15) is 0 Å². The van der Waals surface area contributed by atoms with Crippen molar-refractivity contribution >= 4 is 27.3 Å². The van der Waals surface area contributed by atoms with Crippen LogP contribution in [0.25, 0.3) is 0 Å². The van der Waals surface area contributed by atoms with Crippen molar-refractivity contribution in [3.63, 3.8) is 0 Å². The molecule has 28 heavy (non-hydrogen) atoms. The van der Waals surface area contributed by atoms with Gasteiger partial charge in [-0.25, -0.2) is 8.42 Å². The Morgan fingerprint density at radius 2 is 1.82 bits per heavy atom. The molecule has 5 rings (SSSR count). The van der Waals surface area contributed by atoms with E-state index in [4.69, 9.17) is 0 Å². The summed E-state index contributed by atoms with van der Waals surface area (Å²) in [6, 6.07) is 10.7. The van der Waals surface area contributed by atoms with Crippen molar-refractivity contribution in [2.75, 3.05) is 16.6 Å². The van der Waals surface area contributed by atoms with Crippen LogP contribution in [-0.2, 0) is 33.2 Å². The molecule has 3 N–H and O–H groups in total. The van der Waals surface area contributed by atoms with E-state index in [0.717, 1.165) is 55.5 Å². The van der Waals surface area contributed by atoms with Crippen molar-refractivity contribution in [1.82, 2.24) is 5.32 Å². The smallest absolute Gasteiger partial charge is 0.261 e. The van der Waals surface area contributed by atoms with Crippen molar-refractivity contribution in [2.24, 2.45) is 0 Å². The first kappa shape index (κ1) is 17.7. The van der Waals surface area contributed by atoms with Gasteiger partial charge in [0, 0.05) is 17.9 Å². The van der Waals surface area contributed by atoms with Gasteiger partial charge in [0.15, 0.2) is 0 Å². The minimum absolute atomic E-state index is 0.0437. The van der Waals surface area contributed by atoms with E-state index in [9.17, 15) is 13.2 Å². The van der Waals surface area contributed by atoms with Crippen molar-refractivity contribution in [1.29, 1.82) is 0 Å². The normalized spacial score (nSPS) is 19.9. The number of fused-ring (bicyclic) bond motifs is 3. The van der Waals surface area contributed by atoms with Gasteiger partial charge in [-0.1, -0.05) is 18.9 Å². The van der Waals surface area contributed by atoms with Crippen LogP contribution in [0.1, 0.15) is 42.4 Å². The molecule has 2 aromatic rings. The van der Waals surface area contributed by atoms with Crippen molar-refractivity contribution < 1.29 is 13.2 Å². The van der Waals surface area contributed by atoms with E-state index in [1.807, 2.05) is 12.1 Å². The molecule has 0 radical (unpaired) electrons. The average Bonchev–Trinajstić information content (AvgIpc) is 3.28. The highest BCUT2D eigenvalue weighted by atomic mass is 32.2. The summed E-state index contributed by atoms with van der Waals surface area (Å²) < 4.78 is 28.6. The van der Waals surface area contributed by atoms with E-state index in [1.165, 1.54) is 5.56 Å². The topological polar surface area (TPSA) is 87.3 Å². The molecule has 1 saturated carbocycles. The number of nitrogens with one attached hydrogen (secondary N) is 3. The van der Waals surface area contributed by atoms with E-state index in [2.05, 4.69) is 15.4 Å². The van der Waals surface area contributed by atoms with Gasteiger partial charge in [-0.2, -0.15) is 0 Å². The van der Waals surface area contributed by atoms with E-state index < -0.39 is 15.4 Å². The summed E-state index contributed by atoms with van der Waals surface area (Å²) in [5.74, 6) is 0.0437. The number of rotatable bonds is 3. The molecule has 0 unspecified atom stereocenters. The number of sulfonamides is 1. The minimum atomic E-state index is -3.70. The molecule has 2 aromatic carbocycles. The Morgan fingerprint density at radius 3 is 2.64 bits per heavy atom. The number of carbonyl (C=O) groups excluding carboxylic acids is 1. The average molecular weight is 398 g/mol. The summed E-state index contributed by atoms with van der Waals surface area (Å²) in [6.45, 7) is 1.61. The second-order valence-electron chi connectivity index (χ2n) is 7.97. The third kappa shape index (κ3) is 2.72. The SMILES string of the molecule is O=C1Nc2ccc(NS(=O)(=O)c3ccc4c(c3)CNCC4)cc2C12CCCC2. The zero-order chi connectivity index (χ0) is 19.4. The summed E-state index contributed by atoms with van der Waals surface area (Å²) in [7, 11) is -3.70. The maximum atomic E-state index is 13.0. The summed E-state index contributed by atoms with van der Waals surface area (Å²) in [5.41, 5.74) is 3.96. The number of benzene rings is 2. The minimum Gasteiger partial charge on any atom is -0.325 e. The molecular weight excluding hydrogens is 374 g/mol. The highest BCUT2D eigenvalue weighted by molar-refractivity contribution is 7.92. The van der Waals surface area contributed by atoms with Gasteiger partial charge in [0.05, 0.1) is 10.3 Å². The maximum absolute atomic E-state index is 13.0. The predicted molar refractivity (Wildman–Crippen MR) is 108 cm³/mol. The van der Waals surface area contributed by atoms with Gasteiger partial charge in [-0.05, 0) is 72.8 Å². The van der Waals surface area contributed by atoms with Gasteiger partial charge >= 0.3 is 0 Å². The first-order valence-electron chi connectivity index (χ1n) is 9.79. The quantitative estimate of drug-likeness (QED) is 0.743. The monoisotopic (exact) mass is 397 g/mol. The first-order valence-corrected chi connectivity index (χ1v) is 11.3. The number of hydrogen-bond acceptors (Lipinski definition) is 4. The van der Waals surface area contributed by atoms with Crippen LogP contribution in [0.2, 0.25) is 0 Å². The van der Waals surface area contributed by atoms with Crippen molar-refractivity contribution in [3.05, 3.63) is 53.1 Å². The fourth-order valence-corrected chi connectivity index (χ4v) is 5.89. The molecule has 1 spiro atoms. The standard InChI is InChI=1S/C21H23N3O3S/c25-20-21(8-1-2-9-21)18-12-16(4-6-19(18)23-20)24-28(26,27)17-5-3-14-7-10-22-13-15(14)11-17/h3-6,11-12,22,24H,1-2,7-10,13H2,(H,23,25). The first-order chi connectivity index (χ1) is 13.5. The number of carbonyl (C=O) groups is 1. The number of hydrogen-bond donors (Lipinski definition) is 3. The number of amides is 1. The zero-order valence-corrected chi connectivity index (χ0v) is 16.4. The molecule has 3 aliphatic rings. The van der Waals surface area contributed by atoms with Crippen LogP contribution in [0.5, 0.6) is 0 Å². The van der Waals surface area contributed by atoms with Crippen LogP contribution in [0.3, 0.4) is 0 Å². The fourth-order valence-electron chi connectivity index (χ4n) is 4.79. The molecule has 1 amide bonds. The van der Waals surface area contributed by atoms with Crippen LogP contribution >= 0.6 is 0 Å². The van der Waals surface area contributed by atoms with E-state index >= 15 is 0 Å². The lowest BCUT2D eigenvalue weighted by Crippen LogP contribution is -2.31. The molecule has 1 fully saturated rings. The largest absolute Gasteiger partial charge is 0.325 e. The summed E-state index contributed by atoms with van der Waals surface area (Å²) in [4.78, 5) is 12.8. The number of anilines is 2. The molecule has 0 saturated heterocycles. The lowest BCUT2D eigenvalue weighted by molar-refractivity contribution is -0.120. The van der Waals surface area contributed by atoms with Crippen LogP contribution in [0, 0.1) is 0 Å². The second-order valence-corrected chi connectivity index (χ2v) is 9.65. The fraction of sp³-hybridized carbons (Fsp3) is 0.381. The van der Waals surface area contributed by atoms with Crippen molar-refractivity contribution in [2.45, 2.75) is 49.0 Å². The molecule has 1 aliphatic carbocycles. The molecule has 2 heterocycles. The lowest BCUT2D eigenvalue weighted by Gasteiger charge is -2.21. The summed E-state index contributed by atoms with van der Waals surface area (Å²) in [6.07, 6.45) is 4.59. The molecule has 7 heteroatoms. The second kappa shape index (κ2) is 6.32. The molecule has 6 nitrogen and oxygen atoms in total. The van der Waals surface area contributed by atoms with Crippen LogP contribution in [0.4, 0.5) is 11.4 Å². The highest BCUT2D eigenvalue weighted by Crippen LogP contribution is 2.49. The maximum Gasteiger partial charge on any atom is 0.261 e. The van der Waals surface area contributed by atoms with Crippen LogP contribution in [0.15, 0.2) is 41.3 Å². The Hall–Kier alpha value is -2.38. The van der Waals surface area contributed by atoms with E-state index in [-0.39, 0.29) is 10.8 Å². The molecule has 0 bridgehead atoms. The van der Waals surface area contributed by atoms with E-state index in [0.29, 0.717) is 12.2 Å². The highest BCUT2D eigenvalue weighted by Gasteiger charge is 2.48. The Kier molecular flexibility index (Phi) is 4.00. The molecule has 0 aromatic heterocycles. The molecular formula is C21H23N3O3S. The Labute approximate surface area is 164 Å². The van der Waals surface area contributed by atoms with Gasteiger partial charge in [-0.15, -0.1) is 0 Å². The van der Waals surface area contributed by atoms with Gasteiger partial charge in [0.25, 0.3) is 10.0 Å². The molecule has 146 valence electrons. The van der Waals surface area contributed by atoms with Gasteiger partial charge < -0.3 is 10.6 Å². The lowest BCUT2D eigenvalue weighted by atomic mass is 9.80. The summed E-state index contributed by atoms with van der Waals surface area (Å²) in [5, 5.41) is 6.24. The zero-order valence-electron chi connectivity index (χ0n) is 15.5. The van der Waals surface area contributed by atoms with Gasteiger partial charge in [0.2, 0.25) is 5.91 Å². The van der Waals surface area contributed by atoms with Crippen molar-refractivity contribution in [3.8, 4) is 0 Å². The van der Waals surface area contributed by atoms with Crippen LogP contribution < -0.4 is 15.4 Å². The summed E-state index contributed by atoms with van der Waals surface area (Å²) >= 11 is 0. The third-order valence-corrected chi connectivity index (χ3v) is 7.68. The van der Waals surface area contributed by atoms with Crippen LogP contribution in [-0.4, -0.2) is 20.9 Å². The van der Waals surface area contributed by atoms with E-state index in [1.54, 1.807) is 24.3 Å². The predicted octanol–water partition coefficient (Wildman–Crippen LogP) is 2.90. The van der Waals surface area contributed by atoms with Gasteiger partial charge in [-0.3, -0.25) is 9.52 Å². The Balaban J connectivity index is 1.47. The Bertz CT molecular complexity index is 1070. The molecule has 0 atom stereocenters.